The smallest absolute Gasteiger partial charge is 0.127 e. The van der Waals surface area contributed by atoms with Crippen LogP contribution in [0.1, 0.15) is 70.9 Å². The summed E-state index contributed by atoms with van der Waals surface area (Å²) in [6.45, 7) is 9.57. The normalized spacial score (nSPS) is 38.9. The van der Waals surface area contributed by atoms with Crippen LogP contribution in [0.4, 0.5) is 0 Å². The zero-order valence-electron chi connectivity index (χ0n) is 16.1. The number of phenols is 1. The highest BCUT2D eigenvalue weighted by Crippen LogP contribution is 2.64. The average molecular weight is 344 g/mol. The Hall–Kier alpha value is -1.22. The Morgan fingerprint density at radius 1 is 1.08 bits per heavy atom. The predicted molar refractivity (Wildman–Crippen MR) is 98.7 cm³/mol. The molecule has 0 unspecified atom stereocenters. The quantitative estimate of drug-likeness (QED) is 0.768. The molecule has 0 bridgehead atoms. The van der Waals surface area contributed by atoms with E-state index < -0.39 is 0 Å². The summed E-state index contributed by atoms with van der Waals surface area (Å²) in [6.07, 6.45) is 7.04. The van der Waals surface area contributed by atoms with Crippen LogP contribution < -0.4 is 4.74 Å². The van der Waals surface area contributed by atoms with Crippen LogP contribution in [-0.4, -0.2) is 15.8 Å². The third kappa shape index (κ3) is 2.42. The number of aliphatic hydroxyl groups is 1. The van der Waals surface area contributed by atoms with Crippen molar-refractivity contribution >= 4 is 0 Å². The molecule has 138 valence electrons. The number of rotatable bonds is 1. The molecule has 0 aromatic heterocycles. The summed E-state index contributed by atoms with van der Waals surface area (Å²) < 4.78 is 6.56. The molecule has 2 aliphatic carbocycles. The third-order valence-corrected chi connectivity index (χ3v) is 7.92. The van der Waals surface area contributed by atoms with Crippen LogP contribution in [0.2, 0.25) is 0 Å². The molecule has 1 aromatic carbocycles. The van der Waals surface area contributed by atoms with Gasteiger partial charge in [0.05, 0.1) is 6.61 Å². The van der Waals surface area contributed by atoms with Crippen molar-refractivity contribution in [3.63, 3.8) is 0 Å². The van der Waals surface area contributed by atoms with Crippen LogP contribution >= 0.6 is 0 Å². The molecule has 3 aliphatic rings. The van der Waals surface area contributed by atoms with Crippen molar-refractivity contribution < 1.29 is 14.9 Å². The molecule has 2 N–H and O–H groups in total. The highest BCUT2D eigenvalue weighted by Gasteiger charge is 2.60. The lowest BCUT2D eigenvalue weighted by Crippen LogP contribution is -2.61. The molecule has 3 nitrogen and oxygen atoms in total. The molecule has 2 fully saturated rings. The highest BCUT2D eigenvalue weighted by atomic mass is 16.5. The number of hydrogen-bond acceptors (Lipinski definition) is 3. The summed E-state index contributed by atoms with van der Waals surface area (Å²) in [5.41, 5.74) is 2.12. The van der Waals surface area contributed by atoms with Gasteiger partial charge in [-0.3, -0.25) is 0 Å². The van der Waals surface area contributed by atoms with Crippen LogP contribution in [0.25, 0.3) is 0 Å². The highest BCUT2D eigenvalue weighted by molar-refractivity contribution is 5.49. The number of fused-ring (bicyclic) bond motifs is 4. The van der Waals surface area contributed by atoms with Gasteiger partial charge in [0, 0.05) is 11.5 Å². The van der Waals surface area contributed by atoms with Crippen LogP contribution in [0.3, 0.4) is 0 Å². The van der Waals surface area contributed by atoms with Crippen molar-refractivity contribution in [2.45, 2.75) is 78.4 Å². The van der Waals surface area contributed by atoms with E-state index in [9.17, 15) is 10.2 Å². The van der Waals surface area contributed by atoms with E-state index in [0.29, 0.717) is 11.3 Å². The summed E-state index contributed by atoms with van der Waals surface area (Å²) in [5.74, 6) is 2.21. The second-order valence-corrected chi connectivity index (χ2v) is 9.86. The minimum Gasteiger partial charge on any atom is -0.508 e. The van der Waals surface area contributed by atoms with E-state index in [1.807, 2.05) is 6.07 Å². The van der Waals surface area contributed by atoms with Crippen molar-refractivity contribution in [2.24, 2.45) is 22.7 Å². The summed E-state index contributed by atoms with van der Waals surface area (Å²) in [4.78, 5) is 0. The minimum absolute atomic E-state index is 0.0711. The Kier molecular flexibility index (Phi) is 3.71. The molecule has 4 rings (SSSR count). The molecule has 1 aromatic rings. The van der Waals surface area contributed by atoms with Gasteiger partial charge >= 0.3 is 0 Å². The first kappa shape index (κ1) is 17.2. The Morgan fingerprint density at radius 2 is 1.84 bits per heavy atom. The standard InChI is InChI=1S/C22H32O3/c1-20(2)7-5-8-21(3)18(20)6-9-22(4)19(21)12-15-16(24)10-14(13-23)11-17(15)25-22/h10-11,18-19,23-24H,5-9,12-13H2,1-4H3/t18-,19+,21-,22-/m0/s1. The second-order valence-electron chi connectivity index (χ2n) is 9.86. The van der Waals surface area contributed by atoms with Gasteiger partial charge in [-0.05, 0) is 73.5 Å². The molecule has 3 heteroatoms. The topological polar surface area (TPSA) is 49.7 Å². The Labute approximate surface area is 151 Å². The molecule has 0 radical (unpaired) electrons. The molecule has 1 heterocycles. The van der Waals surface area contributed by atoms with Crippen molar-refractivity contribution in [3.8, 4) is 11.5 Å². The number of aromatic hydroxyl groups is 1. The fraction of sp³-hybridized carbons (Fsp3) is 0.727. The van der Waals surface area contributed by atoms with Crippen molar-refractivity contribution in [1.82, 2.24) is 0 Å². The number of aliphatic hydroxyl groups excluding tert-OH is 1. The van der Waals surface area contributed by atoms with E-state index >= 15 is 0 Å². The van der Waals surface area contributed by atoms with Gasteiger partial charge in [-0.1, -0.05) is 27.2 Å². The molecule has 2 saturated carbocycles. The van der Waals surface area contributed by atoms with Gasteiger partial charge in [0.1, 0.15) is 17.1 Å². The molecule has 0 spiro atoms. The largest absolute Gasteiger partial charge is 0.508 e. The lowest BCUT2D eigenvalue weighted by molar-refractivity contribution is -0.163. The molecule has 0 amide bonds. The van der Waals surface area contributed by atoms with Gasteiger partial charge in [0.15, 0.2) is 0 Å². The summed E-state index contributed by atoms with van der Waals surface area (Å²) in [6, 6.07) is 3.61. The van der Waals surface area contributed by atoms with Gasteiger partial charge in [0.25, 0.3) is 0 Å². The first-order chi connectivity index (χ1) is 11.7. The van der Waals surface area contributed by atoms with Gasteiger partial charge in [-0.25, -0.2) is 0 Å². The van der Waals surface area contributed by atoms with Crippen molar-refractivity contribution in [2.75, 3.05) is 0 Å². The van der Waals surface area contributed by atoms with Crippen LogP contribution in [0.15, 0.2) is 12.1 Å². The third-order valence-electron chi connectivity index (χ3n) is 7.92. The maximum atomic E-state index is 10.5. The van der Waals surface area contributed by atoms with Crippen LogP contribution in [-0.2, 0) is 13.0 Å². The van der Waals surface area contributed by atoms with Gasteiger partial charge in [-0.2, -0.15) is 0 Å². The number of benzene rings is 1. The van der Waals surface area contributed by atoms with E-state index in [1.54, 1.807) is 6.07 Å². The lowest BCUT2D eigenvalue weighted by Gasteiger charge is -2.63. The van der Waals surface area contributed by atoms with Crippen molar-refractivity contribution in [1.29, 1.82) is 0 Å². The van der Waals surface area contributed by atoms with E-state index in [0.717, 1.165) is 35.6 Å². The average Bonchev–Trinajstić information content (AvgIpc) is 2.52. The molecule has 4 atom stereocenters. The minimum atomic E-state index is -0.174. The van der Waals surface area contributed by atoms with E-state index in [1.165, 1.54) is 25.7 Å². The maximum absolute atomic E-state index is 10.5. The fourth-order valence-corrected chi connectivity index (χ4v) is 6.71. The molecule has 25 heavy (non-hydrogen) atoms. The van der Waals surface area contributed by atoms with E-state index in [-0.39, 0.29) is 23.4 Å². The first-order valence-electron chi connectivity index (χ1n) is 9.84. The number of ether oxygens (including phenoxy) is 1. The summed E-state index contributed by atoms with van der Waals surface area (Å²) in [5, 5.41) is 20.0. The Morgan fingerprint density at radius 3 is 2.56 bits per heavy atom. The van der Waals surface area contributed by atoms with Crippen molar-refractivity contribution in [3.05, 3.63) is 23.3 Å². The Bertz CT molecular complexity index is 695. The fourth-order valence-electron chi connectivity index (χ4n) is 6.71. The monoisotopic (exact) mass is 344 g/mol. The summed E-state index contributed by atoms with van der Waals surface area (Å²) in [7, 11) is 0. The van der Waals surface area contributed by atoms with Gasteiger partial charge < -0.3 is 14.9 Å². The van der Waals surface area contributed by atoms with E-state index in [2.05, 4.69) is 27.7 Å². The second kappa shape index (κ2) is 5.39. The van der Waals surface area contributed by atoms with Gasteiger partial charge in [-0.15, -0.1) is 0 Å². The zero-order chi connectivity index (χ0) is 18.0. The van der Waals surface area contributed by atoms with Crippen LogP contribution in [0.5, 0.6) is 11.5 Å². The molecular weight excluding hydrogens is 312 g/mol. The lowest BCUT2D eigenvalue weighted by atomic mass is 9.44. The first-order valence-corrected chi connectivity index (χ1v) is 9.84. The van der Waals surface area contributed by atoms with Crippen LogP contribution in [0, 0.1) is 22.7 Å². The summed E-state index contributed by atoms with van der Waals surface area (Å²) >= 11 is 0. The SMILES string of the molecule is CC1(C)CCC[C@]2(C)[C@H]3Cc4c(O)cc(CO)cc4O[C@@]3(C)CC[C@@H]12. The number of phenolic OH excluding ortho intramolecular Hbond substituents is 1. The zero-order valence-corrected chi connectivity index (χ0v) is 16.1. The molecule has 0 saturated heterocycles. The Balaban J connectivity index is 1.78. The number of hydrogen-bond donors (Lipinski definition) is 2. The maximum Gasteiger partial charge on any atom is 0.127 e. The van der Waals surface area contributed by atoms with E-state index in [4.69, 9.17) is 4.74 Å². The molecular formula is C22H32O3. The van der Waals surface area contributed by atoms with Gasteiger partial charge in [0.2, 0.25) is 0 Å². The molecule has 1 aliphatic heterocycles. The predicted octanol–water partition coefficient (Wildman–Crippen LogP) is 4.82.